The molecule has 0 saturated carbocycles. The van der Waals surface area contributed by atoms with Crippen LogP contribution in [0.3, 0.4) is 0 Å². The van der Waals surface area contributed by atoms with Crippen LogP contribution in [-0.4, -0.2) is 77.6 Å². The van der Waals surface area contributed by atoms with Gasteiger partial charge in [0, 0.05) is 50.1 Å². The Balaban J connectivity index is 0.000000407. The smallest absolute Gasteiger partial charge is 0.388 e. The van der Waals surface area contributed by atoms with Crippen molar-refractivity contribution in [1.82, 2.24) is 34.0 Å². The summed E-state index contributed by atoms with van der Waals surface area (Å²) in [6, 6.07) is 12.8. The molecule has 0 radical (unpaired) electrons. The monoisotopic (exact) mass is 642 g/mol. The van der Waals surface area contributed by atoms with Crippen LogP contribution in [0.5, 0.6) is 11.8 Å². The number of fused-ring (bicyclic) bond motifs is 2. The average molecular weight is 643 g/mol. The fourth-order valence-corrected chi connectivity index (χ4v) is 5.48. The van der Waals surface area contributed by atoms with Crippen LogP contribution >= 0.6 is 0 Å². The number of alkyl halides is 4. The van der Waals surface area contributed by atoms with Crippen LogP contribution in [0.1, 0.15) is 24.1 Å². The van der Waals surface area contributed by atoms with Crippen LogP contribution in [-0.2, 0) is 20.1 Å². The number of halogens is 4. The molecule has 1 fully saturated rings. The first kappa shape index (κ1) is 30.9. The fraction of sp³-hybridized carbons (Fsp3) is 0.333. The molecule has 7 rings (SSSR count). The molecule has 4 aliphatic heterocycles. The van der Waals surface area contributed by atoms with Crippen molar-refractivity contribution in [3.63, 3.8) is 0 Å². The highest BCUT2D eigenvalue weighted by Crippen LogP contribution is 2.49. The summed E-state index contributed by atoms with van der Waals surface area (Å²) in [6.07, 6.45) is 0.689. The largest absolute Gasteiger partial charge is 0.477 e. The number of aromatic nitrogens is 6. The molecule has 4 aliphatic rings. The molecule has 12 nitrogen and oxygen atoms in total. The van der Waals surface area contributed by atoms with Crippen molar-refractivity contribution in [3.8, 4) is 45.5 Å². The zero-order chi connectivity index (χ0) is 32.5. The summed E-state index contributed by atoms with van der Waals surface area (Å²) < 4.78 is 70.4. The minimum atomic E-state index is -3.13. The summed E-state index contributed by atoms with van der Waals surface area (Å²) in [5, 5.41) is 16.8. The van der Waals surface area contributed by atoms with E-state index in [0.29, 0.717) is 56.2 Å². The van der Waals surface area contributed by atoms with Gasteiger partial charge in [-0.3, -0.25) is 4.68 Å². The molecule has 6 heterocycles. The molecule has 46 heavy (non-hydrogen) atoms. The average Bonchev–Trinajstić information content (AvgIpc) is 3.68. The highest BCUT2D eigenvalue weighted by molar-refractivity contribution is 5.97. The Morgan fingerprint density at radius 2 is 1.85 bits per heavy atom. The Morgan fingerprint density at radius 1 is 1.09 bits per heavy atom. The zero-order valence-corrected chi connectivity index (χ0v) is 24.6. The number of hydrogen-bond donors (Lipinski definition) is 2. The predicted molar refractivity (Wildman–Crippen MR) is 157 cm³/mol. The van der Waals surface area contributed by atoms with Gasteiger partial charge >= 0.3 is 12.6 Å². The Kier molecular flexibility index (Phi) is 8.53. The summed E-state index contributed by atoms with van der Waals surface area (Å²) in [7, 11) is 1.56. The molecular weight excluding hydrogens is 612 g/mol. The number of nitrogens with two attached hydrogens (primary N) is 1. The summed E-state index contributed by atoms with van der Waals surface area (Å²) in [4.78, 5) is 16.4. The number of amides is 2. The first-order valence-corrected chi connectivity index (χ1v) is 14.4. The summed E-state index contributed by atoms with van der Waals surface area (Å²) in [6.45, 7) is -1.15. The number of aliphatic hydroxyl groups is 1. The Morgan fingerprint density at radius 3 is 2.50 bits per heavy atom. The number of carbonyl (C=O) groups excluding carboxylic acids is 1. The Hall–Kier alpha value is -5.12. The van der Waals surface area contributed by atoms with E-state index < -0.39 is 24.8 Å². The number of aryl methyl sites for hydroxylation is 2. The van der Waals surface area contributed by atoms with Crippen molar-refractivity contribution >= 4 is 6.03 Å². The molecule has 242 valence electrons. The molecule has 1 saturated heterocycles. The molecule has 2 aromatic heterocycles. The van der Waals surface area contributed by atoms with Gasteiger partial charge in [-0.15, -0.1) is 5.10 Å². The lowest BCUT2D eigenvalue weighted by Gasteiger charge is -2.33. The molecule has 0 aliphatic carbocycles. The van der Waals surface area contributed by atoms with Gasteiger partial charge in [0.15, 0.2) is 0 Å². The summed E-state index contributed by atoms with van der Waals surface area (Å²) in [5.41, 5.74) is 6.60. The molecule has 3 N–H and O–H groups in total. The lowest BCUT2D eigenvalue weighted by Crippen LogP contribution is -2.55. The second kappa shape index (κ2) is 12.7. The number of nitrogens with zero attached hydrogens (tertiary/aromatic N) is 7. The number of pyridine rings is 1. The lowest BCUT2D eigenvalue weighted by atomic mass is 9.98. The molecule has 0 spiro atoms. The first-order chi connectivity index (χ1) is 22.1. The van der Waals surface area contributed by atoms with Crippen LogP contribution in [0, 0.1) is 0 Å². The fourth-order valence-electron chi connectivity index (χ4n) is 5.48. The number of primary amides is 1. The van der Waals surface area contributed by atoms with E-state index in [1.807, 2.05) is 41.1 Å². The number of likely N-dealkylation sites (tertiary alicyclic amines) is 1. The van der Waals surface area contributed by atoms with Crippen LogP contribution in [0.15, 0.2) is 54.9 Å². The van der Waals surface area contributed by atoms with Crippen LogP contribution < -0.4 is 15.2 Å². The number of aliphatic hydroxyl groups excluding tert-OH is 1. The van der Waals surface area contributed by atoms with E-state index in [9.17, 15) is 22.4 Å². The molecule has 1 aromatic carbocycles. The van der Waals surface area contributed by atoms with Crippen molar-refractivity contribution in [3.05, 3.63) is 66.1 Å². The van der Waals surface area contributed by atoms with Gasteiger partial charge in [-0.2, -0.15) is 13.9 Å². The number of carbonyl (C=O) groups is 1. The van der Waals surface area contributed by atoms with Gasteiger partial charge in [0.05, 0.1) is 42.6 Å². The van der Waals surface area contributed by atoms with Gasteiger partial charge < -0.3 is 29.8 Å². The van der Waals surface area contributed by atoms with E-state index in [0.717, 1.165) is 5.56 Å². The van der Waals surface area contributed by atoms with Crippen molar-refractivity contribution in [1.29, 1.82) is 0 Å². The maximum atomic E-state index is 14.3. The zero-order valence-electron chi connectivity index (χ0n) is 24.6. The van der Waals surface area contributed by atoms with Gasteiger partial charge in [0.1, 0.15) is 11.5 Å². The molecule has 0 atom stereocenters. The number of benzene rings is 1. The number of ether oxygens (including phenoxy) is 2. The number of hydrogen-bond acceptors (Lipinski definition) is 7. The maximum Gasteiger partial charge on any atom is 0.388 e. The molecule has 2 amide bonds. The van der Waals surface area contributed by atoms with Crippen molar-refractivity contribution in [2.75, 3.05) is 19.7 Å². The first-order valence-electron chi connectivity index (χ1n) is 14.4. The van der Waals surface area contributed by atoms with E-state index in [4.69, 9.17) is 25.3 Å². The standard InChI is InChI=1S/C26H22F4N6O2.C4H8N2O2/c1-34-14-17(24(33-34)38-26(29)30)18-16-9-5-10-35(13-15-7-3-2-4-8-15)23(16)31-20(18)19-21(22(27)28)32-36-11-6-12-37-25(19)36;5-4(8)6-1-3(7)2-6/h2-5,7-10,14,22,26H,6,11-13H2,1H3;3,7H,1-2H2,(H2,5,8). The van der Waals surface area contributed by atoms with Crippen molar-refractivity contribution in [2.45, 2.75) is 38.7 Å². The summed E-state index contributed by atoms with van der Waals surface area (Å²) >= 11 is 0. The van der Waals surface area contributed by atoms with Gasteiger partial charge in [0.2, 0.25) is 11.8 Å². The van der Waals surface area contributed by atoms with Crippen LogP contribution in [0.4, 0.5) is 22.4 Å². The number of β-amino-alcohol motifs (C(OH)–C–C–N with tert-alkyl or cyclic N) is 1. The molecule has 3 aromatic rings. The highest BCUT2D eigenvalue weighted by Gasteiger charge is 2.35. The SMILES string of the molecule is Cn1cc(-c2c3cccn(Cc4ccccc4)c-3nc2-c2c(C(F)F)nn3c2OCCC3)c(OC(F)F)n1.NC(=O)N1CC(O)C1. The summed E-state index contributed by atoms with van der Waals surface area (Å²) in [5.74, 6) is 0.312. The van der Waals surface area contributed by atoms with E-state index in [1.54, 1.807) is 19.2 Å². The van der Waals surface area contributed by atoms with Gasteiger partial charge in [-0.1, -0.05) is 30.3 Å². The minimum Gasteiger partial charge on any atom is -0.477 e. The third-order valence-corrected chi connectivity index (χ3v) is 7.53. The van der Waals surface area contributed by atoms with Gasteiger partial charge in [-0.05, 0) is 17.7 Å². The normalized spacial score (nSPS) is 14.6. The quantitative estimate of drug-likeness (QED) is 0.252. The molecule has 0 bridgehead atoms. The van der Waals surface area contributed by atoms with Gasteiger partial charge in [0.25, 0.3) is 6.43 Å². The highest BCUT2D eigenvalue weighted by atomic mass is 19.3. The van der Waals surface area contributed by atoms with E-state index in [1.165, 1.54) is 20.5 Å². The maximum absolute atomic E-state index is 14.3. The number of rotatable bonds is 7. The third-order valence-electron chi connectivity index (χ3n) is 7.53. The second-order valence-corrected chi connectivity index (χ2v) is 10.8. The van der Waals surface area contributed by atoms with Crippen molar-refractivity contribution in [2.24, 2.45) is 12.8 Å². The second-order valence-electron chi connectivity index (χ2n) is 10.8. The molecular formula is C30H30F4N8O4. The molecule has 0 unspecified atom stereocenters. The van der Waals surface area contributed by atoms with E-state index in [-0.39, 0.29) is 34.7 Å². The lowest BCUT2D eigenvalue weighted by molar-refractivity contribution is -0.0527. The predicted octanol–water partition coefficient (Wildman–Crippen LogP) is 4.36. The topological polar surface area (TPSA) is 138 Å². The van der Waals surface area contributed by atoms with Crippen LogP contribution in [0.2, 0.25) is 0 Å². The van der Waals surface area contributed by atoms with Gasteiger partial charge in [-0.25, -0.2) is 23.2 Å². The van der Waals surface area contributed by atoms with E-state index in [2.05, 4.69) is 10.2 Å². The third kappa shape index (κ3) is 6.07. The number of urea groups is 1. The van der Waals surface area contributed by atoms with Crippen LogP contribution in [0.25, 0.3) is 33.8 Å². The van der Waals surface area contributed by atoms with E-state index >= 15 is 0 Å². The minimum absolute atomic E-state index is 0.0315. The van der Waals surface area contributed by atoms with Crippen molar-refractivity contribution < 1.29 is 36.9 Å². The molecule has 16 heteroatoms. The Labute approximate surface area is 259 Å². The Bertz CT molecular complexity index is 1800.